The van der Waals surface area contributed by atoms with Crippen molar-refractivity contribution in [3.8, 4) is 0 Å². The molecule has 2 aliphatic heterocycles. The summed E-state index contributed by atoms with van der Waals surface area (Å²) in [6, 6.07) is 4.77. The Kier molecular flexibility index (Phi) is 5.45. The van der Waals surface area contributed by atoms with Crippen LogP contribution in [0, 0.1) is 5.41 Å². The van der Waals surface area contributed by atoms with Crippen molar-refractivity contribution in [3.63, 3.8) is 0 Å². The molecule has 0 radical (unpaired) electrons. The van der Waals surface area contributed by atoms with Gasteiger partial charge in [0.1, 0.15) is 4.90 Å². The quantitative estimate of drug-likeness (QED) is 0.855. The van der Waals surface area contributed by atoms with Crippen molar-refractivity contribution in [2.75, 3.05) is 45.8 Å². The summed E-state index contributed by atoms with van der Waals surface area (Å²) in [7, 11) is -3.66. The topological polar surface area (TPSA) is 52.7 Å². The minimum absolute atomic E-state index is 0.0220. The third-order valence-corrected chi connectivity index (χ3v) is 7.77. The highest BCUT2D eigenvalue weighted by atomic mass is 35.5. The Morgan fingerprint density at radius 1 is 1.17 bits per heavy atom. The van der Waals surface area contributed by atoms with Gasteiger partial charge in [0.25, 0.3) is 0 Å². The van der Waals surface area contributed by atoms with Crippen molar-refractivity contribution in [2.45, 2.75) is 18.2 Å². The first-order chi connectivity index (χ1) is 11.3. The van der Waals surface area contributed by atoms with Gasteiger partial charge in [-0.05, 0) is 30.5 Å². The summed E-state index contributed by atoms with van der Waals surface area (Å²) < 4.78 is 27.2. The Morgan fingerprint density at radius 3 is 2.33 bits per heavy atom. The van der Waals surface area contributed by atoms with Gasteiger partial charge in [0.15, 0.2) is 0 Å². The van der Waals surface area contributed by atoms with Gasteiger partial charge in [-0.2, -0.15) is 4.31 Å². The van der Waals surface area contributed by atoms with Crippen LogP contribution in [0.1, 0.15) is 13.3 Å². The molecular weight excluding hydrogens is 369 g/mol. The maximum atomic E-state index is 12.9. The summed E-state index contributed by atoms with van der Waals surface area (Å²) in [5.74, 6) is 0. The van der Waals surface area contributed by atoms with Crippen molar-refractivity contribution in [3.05, 3.63) is 28.2 Å². The van der Waals surface area contributed by atoms with Gasteiger partial charge in [-0.15, -0.1) is 0 Å². The van der Waals surface area contributed by atoms with Crippen molar-refractivity contribution in [1.82, 2.24) is 14.5 Å². The zero-order valence-corrected chi connectivity index (χ0v) is 16.1. The summed E-state index contributed by atoms with van der Waals surface area (Å²) in [6.07, 6.45) is 1.17. The zero-order chi connectivity index (χ0) is 17.4. The Bertz CT molecular complexity index is 677. The average molecular weight is 392 g/mol. The molecular formula is C16H23Cl2N3O2S. The molecule has 5 nitrogen and oxygen atoms in total. The van der Waals surface area contributed by atoms with Gasteiger partial charge in [0, 0.05) is 39.3 Å². The number of hydrogen-bond donors (Lipinski definition) is 1. The Balaban J connectivity index is 1.68. The van der Waals surface area contributed by atoms with E-state index in [0.29, 0.717) is 13.1 Å². The second kappa shape index (κ2) is 7.09. The first kappa shape index (κ1) is 18.4. The van der Waals surface area contributed by atoms with Crippen LogP contribution in [0.4, 0.5) is 0 Å². The van der Waals surface area contributed by atoms with E-state index in [9.17, 15) is 8.42 Å². The van der Waals surface area contributed by atoms with E-state index >= 15 is 0 Å². The van der Waals surface area contributed by atoms with E-state index in [0.717, 1.165) is 32.7 Å². The highest BCUT2D eigenvalue weighted by Crippen LogP contribution is 2.32. The molecule has 2 heterocycles. The summed E-state index contributed by atoms with van der Waals surface area (Å²) >= 11 is 12.2. The lowest BCUT2D eigenvalue weighted by Crippen LogP contribution is -2.51. The first-order valence-electron chi connectivity index (χ1n) is 8.19. The van der Waals surface area contributed by atoms with E-state index in [2.05, 4.69) is 17.1 Å². The number of hydrogen-bond acceptors (Lipinski definition) is 4. The number of rotatable bonds is 4. The predicted molar refractivity (Wildman–Crippen MR) is 97.3 cm³/mol. The van der Waals surface area contributed by atoms with E-state index in [1.807, 2.05) is 0 Å². The second-order valence-electron chi connectivity index (χ2n) is 6.97. The molecule has 1 unspecified atom stereocenters. The van der Waals surface area contributed by atoms with Crippen molar-refractivity contribution >= 4 is 33.2 Å². The van der Waals surface area contributed by atoms with Crippen LogP contribution in [-0.2, 0) is 10.0 Å². The van der Waals surface area contributed by atoms with Gasteiger partial charge in [0.2, 0.25) is 10.0 Å². The fourth-order valence-corrected chi connectivity index (χ4v) is 6.04. The molecule has 2 aliphatic rings. The maximum absolute atomic E-state index is 12.9. The van der Waals surface area contributed by atoms with Crippen molar-refractivity contribution in [1.29, 1.82) is 0 Å². The molecule has 1 aromatic carbocycles. The van der Waals surface area contributed by atoms with Crippen molar-refractivity contribution in [2.24, 2.45) is 5.41 Å². The van der Waals surface area contributed by atoms with E-state index in [-0.39, 0.29) is 20.4 Å². The summed E-state index contributed by atoms with van der Waals surface area (Å²) in [5.41, 5.74) is 0.285. The molecule has 0 bridgehead atoms. The van der Waals surface area contributed by atoms with Gasteiger partial charge in [-0.25, -0.2) is 8.42 Å². The van der Waals surface area contributed by atoms with Crippen LogP contribution in [0.3, 0.4) is 0 Å². The SMILES string of the molecule is CC1(CN2CCN(S(=O)(=O)c3c(Cl)cccc3Cl)CC2)CCNC1. The minimum Gasteiger partial charge on any atom is -0.316 e. The number of nitrogens with one attached hydrogen (secondary N) is 1. The normalized spacial score (nSPS) is 26.8. The lowest BCUT2D eigenvalue weighted by atomic mass is 9.89. The molecule has 3 rings (SSSR count). The number of sulfonamides is 1. The van der Waals surface area contributed by atoms with Crippen LogP contribution < -0.4 is 5.32 Å². The smallest absolute Gasteiger partial charge is 0.246 e. The summed E-state index contributed by atoms with van der Waals surface area (Å²) in [6.45, 7) is 7.78. The molecule has 2 saturated heterocycles. The number of nitrogens with zero attached hydrogens (tertiary/aromatic N) is 2. The van der Waals surface area contributed by atoms with Crippen LogP contribution in [0.25, 0.3) is 0 Å². The van der Waals surface area contributed by atoms with E-state index < -0.39 is 10.0 Å². The molecule has 1 N–H and O–H groups in total. The summed E-state index contributed by atoms with van der Waals surface area (Å²) in [5, 5.41) is 3.76. The fourth-order valence-electron chi connectivity index (χ4n) is 3.53. The van der Waals surface area contributed by atoms with Gasteiger partial charge < -0.3 is 10.2 Å². The number of halogens is 2. The van der Waals surface area contributed by atoms with Gasteiger partial charge in [0.05, 0.1) is 10.0 Å². The maximum Gasteiger partial charge on any atom is 0.246 e. The molecule has 0 aromatic heterocycles. The first-order valence-corrected chi connectivity index (χ1v) is 10.4. The minimum atomic E-state index is -3.66. The highest BCUT2D eigenvalue weighted by molar-refractivity contribution is 7.89. The van der Waals surface area contributed by atoms with E-state index in [1.165, 1.54) is 10.7 Å². The predicted octanol–water partition coefficient (Wildman–Crippen LogP) is 2.30. The zero-order valence-electron chi connectivity index (χ0n) is 13.8. The molecule has 1 atom stereocenters. The number of benzene rings is 1. The molecule has 1 aromatic rings. The Morgan fingerprint density at radius 2 is 1.79 bits per heavy atom. The van der Waals surface area contributed by atoms with Crippen LogP contribution in [0.15, 0.2) is 23.1 Å². The highest BCUT2D eigenvalue weighted by Gasteiger charge is 2.35. The van der Waals surface area contributed by atoms with Crippen LogP contribution in [-0.4, -0.2) is 63.4 Å². The van der Waals surface area contributed by atoms with Crippen LogP contribution >= 0.6 is 23.2 Å². The van der Waals surface area contributed by atoms with Gasteiger partial charge in [-0.1, -0.05) is 36.2 Å². The average Bonchev–Trinajstić information content (AvgIpc) is 2.93. The monoisotopic (exact) mass is 391 g/mol. The molecule has 8 heteroatoms. The Labute approximate surface area is 154 Å². The molecule has 0 spiro atoms. The van der Waals surface area contributed by atoms with E-state index in [4.69, 9.17) is 23.2 Å². The van der Waals surface area contributed by atoms with Crippen LogP contribution in [0.5, 0.6) is 0 Å². The van der Waals surface area contributed by atoms with E-state index in [1.54, 1.807) is 18.2 Å². The molecule has 24 heavy (non-hydrogen) atoms. The molecule has 134 valence electrons. The van der Waals surface area contributed by atoms with Gasteiger partial charge >= 0.3 is 0 Å². The van der Waals surface area contributed by atoms with Crippen LogP contribution in [0.2, 0.25) is 10.0 Å². The standard InChI is InChI=1S/C16H23Cl2N3O2S/c1-16(5-6-19-11-16)12-20-7-9-21(10-8-20)24(22,23)15-13(17)3-2-4-14(15)18/h2-4,19H,5-12H2,1H3. The third kappa shape index (κ3) is 3.74. The fraction of sp³-hybridized carbons (Fsp3) is 0.625. The van der Waals surface area contributed by atoms with Gasteiger partial charge in [-0.3, -0.25) is 0 Å². The molecule has 2 fully saturated rings. The lowest BCUT2D eigenvalue weighted by molar-refractivity contribution is 0.132. The lowest BCUT2D eigenvalue weighted by Gasteiger charge is -2.38. The Hall–Kier alpha value is -0.370. The molecule has 0 aliphatic carbocycles. The number of piperazine rings is 1. The largest absolute Gasteiger partial charge is 0.316 e. The molecule has 0 amide bonds. The molecule has 0 saturated carbocycles. The second-order valence-corrected chi connectivity index (χ2v) is 9.66. The third-order valence-electron chi connectivity index (χ3n) is 4.91. The summed E-state index contributed by atoms with van der Waals surface area (Å²) in [4.78, 5) is 2.38. The van der Waals surface area contributed by atoms with Crippen molar-refractivity contribution < 1.29 is 8.42 Å².